The fraction of sp³-hybridized carbons (Fsp3) is 0.278. The largest absolute Gasteiger partial charge is 0.362 e. The minimum absolute atomic E-state index is 0.109. The van der Waals surface area contributed by atoms with Crippen LogP contribution in [0.15, 0.2) is 53.8 Å². The lowest BCUT2D eigenvalue weighted by molar-refractivity contribution is -0.0258. The fourth-order valence-electron chi connectivity index (χ4n) is 2.38. The Morgan fingerprint density at radius 2 is 1.96 bits per heavy atom. The summed E-state index contributed by atoms with van der Waals surface area (Å²) in [5.74, 6) is -3.10. The molecule has 1 aliphatic rings. The summed E-state index contributed by atoms with van der Waals surface area (Å²) in [5.41, 5.74) is 0.142. The van der Waals surface area contributed by atoms with E-state index in [0.717, 1.165) is 12.1 Å². The van der Waals surface area contributed by atoms with E-state index in [1.54, 1.807) is 31.4 Å². The molecule has 7 heteroatoms. The van der Waals surface area contributed by atoms with Crippen molar-refractivity contribution in [3.8, 4) is 0 Å². The van der Waals surface area contributed by atoms with Gasteiger partial charge in [0, 0.05) is 31.0 Å². The topological polar surface area (TPSA) is 45.1 Å². The molecule has 25 heavy (non-hydrogen) atoms. The Morgan fingerprint density at radius 3 is 2.60 bits per heavy atom. The van der Waals surface area contributed by atoms with Gasteiger partial charge in [0.05, 0.1) is 6.04 Å². The average molecular weight is 352 g/mol. The second-order valence-corrected chi connectivity index (χ2v) is 5.51. The highest BCUT2D eigenvalue weighted by molar-refractivity contribution is 5.88. The maximum Gasteiger partial charge on any atom is 0.214 e. The van der Waals surface area contributed by atoms with Crippen molar-refractivity contribution in [1.82, 2.24) is 4.90 Å². The first-order valence-electron chi connectivity index (χ1n) is 7.59. The molecule has 1 heterocycles. The molecule has 0 radical (unpaired) electrons. The summed E-state index contributed by atoms with van der Waals surface area (Å²) in [6.07, 6.45) is 5.25. The number of halogens is 3. The van der Waals surface area contributed by atoms with Gasteiger partial charge >= 0.3 is 0 Å². The van der Waals surface area contributed by atoms with Gasteiger partial charge in [-0.3, -0.25) is 4.99 Å². The number of hydrogen-bond acceptors (Lipinski definition) is 3. The highest BCUT2D eigenvalue weighted by atomic mass is 19.2. The molecule has 134 valence electrons. The van der Waals surface area contributed by atoms with E-state index in [9.17, 15) is 18.3 Å². The molecule has 1 aromatic rings. The van der Waals surface area contributed by atoms with Gasteiger partial charge in [-0.25, -0.2) is 13.2 Å². The van der Waals surface area contributed by atoms with Crippen LogP contribution in [0.1, 0.15) is 12.5 Å². The molecule has 1 aromatic carbocycles. The number of benzene rings is 1. The Labute approximate surface area is 144 Å². The van der Waals surface area contributed by atoms with Gasteiger partial charge in [-0.15, -0.1) is 0 Å². The Kier molecular flexibility index (Phi) is 6.17. The zero-order chi connectivity index (χ0) is 18.6. The third-order valence-electron chi connectivity index (χ3n) is 3.63. The summed E-state index contributed by atoms with van der Waals surface area (Å²) in [6.45, 7) is 5.43. The fourth-order valence-corrected chi connectivity index (χ4v) is 2.38. The van der Waals surface area contributed by atoms with Crippen molar-refractivity contribution < 1.29 is 23.0 Å². The summed E-state index contributed by atoms with van der Waals surface area (Å²) >= 11 is 0. The number of amidine groups is 1. The number of aliphatic imine (C=N–C) groups is 1. The second kappa shape index (κ2) is 8.13. The number of hydrogen-bond donors (Lipinski definition) is 1. The Bertz CT molecular complexity index is 744. The molecule has 1 aliphatic heterocycles. The van der Waals surface area contributed by atoms with Crippen LogP contribution in [0.5, 0.6) is 0 Å². The summed E-state index contributed by atoms with van der Waals surface area (Å²) in [7, 11) is 1.29. The first-order chi connectivity index (χ1) is 11.8. The smallest absolute Gasteiger partial charge is 0.214 e. The molecule has 2 atom stereocenters. The first kappa shape index (κ1) is 19.0. The van der Waals surface area contributed by atoms with Crippen LogP contribution in [-0.2, 0) is 11.2 Å². The lowest BCUT2D eigenvalue weighted by atomic mass is 10.1. The number of allylic oxidation sites excluding steroid dienone is 3. The molecule has 0 aromatic heterocycles. The zero-order valence-corrected chi connectivity index (χ0v) is 13.9. The molecule has 1 N–H and O–H groups in total. The maximum atomic E-state index is 13.8. The van der Waals surface area contributed by atoms with Crippen molar-refractivity contribution in [2.45, 2.75) is 25.7 Å². The summed E-state index contributed by atoms with van der Waals surface area (Å²) < 4.78 is 45.8. The van der Waals surface area contributed by atoms with E-state index >= 15 is 0 Å². The zero-order valence-electron chi connectivity index (χ0n) is 13.9. The highest BCUT2D eigenvalue weighted by Gasteiger charge is 2.23. The van der Waals surface area contributed by atoms with Gasteiger partial charge in [-0.1, -0.05) is 12.7 Å². The van der Waals surface area contributed by atoms with Crippen LogP contribution in [0.2, 0.25) is 0 Å². The number of nitrogens with zero attached hydrogens (tertiary/aromatic N) is 2. The van der Waals surface area contributed by atoms with Crippen LogP contribution < -0.4 is 0 Å². The maximum absolute atomic E-state index is 13.8. The van der Waals surface area contributed by atoms with Crippen molar-refractivity contribution in [1.29, 1.82) is 0 Å². The number of aliphatic hydroxyl groups is 1. The number of methoxy groups -OCH3 is 1. The summed E-state index contributed by atoms with van der Waals surface area (Å²) in [6, 6.07) is 0.948. The molecule has 4 nitrogen and oxygen atoms in total. The second-order valence-electron chi connectivity index (χ2n) is 5.51. The van der Waals surface area contributed by atoms with Gasteiger partial charge in [0.2, 0.25) is 6.29 Å². The normalized spacial score (nSPS) is 17.1. The van der Waals surface area contributed by atoms with E-state index in [0.29, 0.717) is 5.70 Å². The molecule has 0 aliphatic carbocycles. The van der Waals surface area contributed by atoms with Crippen LogP contribution in [-0.4, -0.2) is 35.3 Å². The lowest BCUT2D eigenvalue weighted by Crippen LogP contribution is -2.37. The van der Waals surface area contributed by atoms with E-state index in [4.69, 9.17) is 4.74 Å². The van der Waals surface area contributed by atoms with Crippen LogP contribution >= 0.6 is 0 Å². The Hall–Kier alpha value is -2.38. The number of rotatable bonds is 5. The van der Waals surface area contributed by atoms with Gasteiger partial charge in [-0.2, -0.15) is 0 Å². The third kappa shape index (κ3) is 4.37. The van der Waals surface area contributed by atoms with E-state index in [1.165, 1.54) is 12.0 Å². The molecule has 0 spiro atoms. The predicted molar refractivity (Wildman–Crippen MR) is 89.2 cm³/mol. The van der Waals surface area contributed by atoms with Crippen molar-refractivity contribution in [2.75, 3.05) is 7.11 Å². The monoisotopic (exact) mass is 352 g/mol. The highest BCUT2D eigenvalue weighted by Crippen LogP contribution is 2.20. The first-order valence-corrected chi connectivity index (χ1v) is 7.59. The van der Waals surface area contributed by atoms with Crippen molar-refractivity contribution in [3.63, 3.8) is 0 Å². The SMILES string of the molecule is C=C1C=CC=CN1C(=NC(C)Cc1c(F)ccc(F)c1F)C(O)OC. The third-order valence-corrected chi connectivity index (χ3v) is 3.63. The molecule has 0 fully saturated rings. The van der Waals surface area contributed by atoms with Crippen LogP contribution in [0.4, 0.5) is 13.2 Å². The number of aliphatic hydroxyl groups excluding tert-OH is 1. The van der Waals surface area contributed by atoms with E-state index < -0.39 is 35.3 Å². The molecule has 0 bridgehead atoms. The molecular formula is C18H19F3N2O2. The standard InChI is InChI=1S/C18H19F3N2O2/c1-11(10-13-14(19)7-8-15(20)16(13)21)22-17(18(24)25-3)23-9-5-4-6-12(23)2/h4-9,11,18,24H,2,10H2,1,3H3. The lowest BCUT2D eigenvalue weighted by Gasteiger charge is -2.27. The summed E-state index contributed by atoms with van der Waals surface area (Å²) in [5, 5.41) is 10.1. The van der Waals surface area contributed by atoms with E-state index in [2.05, 4.69) is 11.6 Å². The van der Waals surface area contributed by atoms with Gasteiger partial charge in [0.15, 0.2) is 17.5 Å². The van der Waals surface area contributed by atoms with Gasteiger partial charge in [0.1, 0.15) is 5.82 Å². The number of ether oxygens (including phenoxy) is 1. The molecule has 2 rings (SSSR count). The molecule has 0 saturated heterocycles. The van der Waals surface area contributed by atoms with Crippen molar-refractivity contribution >= 4 is 5.84 Å². The molecular weight excluding hydrogens is 333 g/mol. The van der Waals surface area contributed by atoms with Gasteiger partial charge < -0.3 is 14.7 Å². The van der Waals surface area contributed by atoms with E-state index in [-0.39, 0.29) is 12.3 Å². The van der Waals surface area contributed by atoms with Crippen LogP contribution in [0, 0.1) is 17.5 Å². The van der Waals surface area contributed by atoms with Crippen molar-refractivity contribution in [3.05, 3.63) is 71.9 Å². The van der Waals surface area contributed by atoms with Gasteiger partial charge in [0.25, 0.3) is 0 Å². The average Bonchev–Trinajstić information content (AvgIpc) is 2.60. The van der Waals surface area contributed by atoms with Gasteiger partial charge in [-0.05, 0) is 31.2 Å². The quantitative estimate of drug-likeness (QED) is 0.383. The van der Waals surface area contributed by atoms with Crippen LogP contribution in [0.25, 0.3) is 0 Å². The predicted octanol–water partition coefficient (Wildman–Crippen LogP) is 3.30. The van der Waals surface area contributed by atoms with Crippen LogP contribution in [0.3, 0.4) is 0 Å². The Morgan fingerprint density at radius 1 is 1.28 bits per heavy atom. The minimum atomic E-state index is -1.36. The summed E-state index contributed by atoms with van der Waals surface area (Å²) in [4.78, 5) is 5.80. The Balaban J connectivity index is 2.30. The minimum Gasteiger partial charge on any atom is -0.362 e. The van der Waals surface area contributed by atoms with Crippen molar-refractivity contribution in [2.24, 2.45) is 4.99 Å². The molecule has 0 amide bonds. The molecule has 2 unspecified atom stereocenters. The van der Waals surface area contributed by atoms with E-state index in [1.807, 2.05) is 0 Å². The molecule has 0 saturated carbocycles.